The van der Waals surface area contributed by atoms with Crippen molar-refractivity contribution < 1.29 is 0 Å². The highest BCUT2D eigenvalue weighted by atomic mass is 35.5. The zero-order valence-corrected chi connectivity index (χ0v) is 18.3. The Balaban J connectivity index is 1.48. The van der Waals surface area contributed by atoms with E-state index < -0.39 is 0 Å². The lowest BCUT2D eigenvalue weighted by atomic mass is 9.83. The maximum absolute atomic E-state index is 6.48. The zero-order valence-electron chi connectivity index (χ0n) is 16.8. The van der Waals surface area contributed by atoms with Crippen LogP contribution in [0.5, 0.6) is 0 Å². The number of anilines is 1. The predicted molar refractivity (Wildman–Crippen MR) is 125 cm³/mol. The molecule has 30 heavy (non-hydrogen) atoms. The van der Waals surface area contributed by atoms with Crippen LogP contribution in [-0.2, 0) is 13.0 Å². The summed E-state index contributed by atoms with van der Waals surface area (Å²) < 4.78 is 0. The van der Waals surface area contributed by atoms with Crippen molar-refractivity contribution in [1.29, 1.82) is 0 Å². The number of benzene rings is 1. The van der Waals surface area contributed by atoms with Crippen molar-refractivity contribution in [2.45, 2.75) is 44.7 Å². The molecular formula is C24H26Cl2N4. The minimum Gasteiger partial charge on any atom is -0.366 e. The van der Waals surface area contributed by atoms with E-state index in [9.17, 15) is 0 Å². The fraction of sp³-hybridized carbons (Fsp3) is 0.333. The Morgan fingerprint density at radius 2 is 1.80 bits per heavy atom. The fourth-order valence-electron chi connectivity index (χ4n) is 4.00. The molecule has 156 valence electrons. The lowest BCUT2D eigenvalue weighted by molar-refractivity contribution is 0.323. The number of hydrogen-bond acceptors (Lipinski definition) is 4. The van der Waals surface area contributed by atoms with Crippen molar-refractivity contribution in [3.8, 4) is 11.3 Å². The summed E-state index contributed by atoms with van der Waals surface area (Å²) in [4.78, 5) is 9.33. The minimum atomic E-state index is 0.362. The highest BCUT2D eigenvalue weighted by Gasteiger charge is 2.20. The monoisotopic (exact) mass is 440 g/mol. The van der Waals surface area contributed by atoms with Crippen LogP contribution in [0.1, 0.15) is 36.9 Å². The summed E-state index contributed by atoms with van der Waals surface area (Å²) in [7, 11) is 0. The molecule has 3 N–H and O–H groups in total. The van der Waals surface area contributed by atoms with Crippen LogP contribution >= 0.6 is 23.2 Å². The Labute approximate surface area is 187 Å². The van der Waals surface area contributed by atoms with Gasteiger partial charge in [-0.2, -0.15) is 0 Å². The van der Waals surface area contributed by atoms with Gasteiger partial charge in [-0.1, -0.05) is 41.4 Å². The molecule has 1 saturated carbocycles. The van der Waals surface area contributed by atoms with Crippen molar-refractivity contribution >= 4 is 29.0 Å². The second kappa shape index (κ2) is 9.78. The smallest absolute Gasteiger partial charge is 0.126 e. The molecule has 0 atom stereocenters. The van der Waals surface area contributed by atoms with Gasteiger partial charge in [-0.25, -0.2) is 4.98 Å². The third-order valence-corrected chi connectivity index (χ3v) is 6.23. The summed E-state index contributed by atoms with van der Waals surface area (Å²) in [5.74, 6) is 1.44. The van der Waals surface area contributed by atoms with Crippen molar-refractivity contribution in [2.75, 3.05) is 5.32 Å². The minimum absolute atomic E-state index is 0.362. The van der Waals surface area contributed by atoms with Gasteiger partial charge < -0.3 is 11.1 Å². The van der Waals surface area contributed by atoms with Crippen molar-refractivity contribution in [3.63, 3.8) is 0 Å². The number of aromatic nitrogens is 2. The van der Waals surface area contributed by atoms with E-state index in [-0.39, 0.29) is 0 Å². The quantitative estimate of drug-likeness (QED) is 0.484. The number of nitrogens with two attached hydrogens (primary N) is 1. The Morgan fingerprint density at radius 3 is 2.60 bits per heavy atom. The van der Waals surface area contributed by atoms with E-state index in [1.54, 1.807) is 6.20 Å². The van der Waals surface area contributed by atoms with Gasteiger partial charge in [0.05, 0.1) is 10.7 Å². The topological polar surface area (TPSA) is 63.8 Å². The summed E-state index contributed by atoms with van der Waals surface area (Å²) in [6.07, 6.45) is 7.25. The van der Waals surface area contributed by atoms with Gasteiger partial charge in [0.25, 0.3) is 0 Å². The molecule has 0 amide bonds. The first-order valence-electron chi connectivity index (χ1n) is 10.4. The number of hydrogen-bond donors (Lipinski definition) is 2. The Kier molecular flexibility index (Phi) is 6.88. The molecule has 2 aromatic heterocycles. The first-order valence-corrected chi connectivity index (χ1v) is 11.2. The molecule has 4 rings (SSSR count). The van der Waals surface area contributed by atoms with Gasteiger partial charge in [-0.3, -0.25) is 4.98 Å². The third-order valence-electron chi connectivity index (χ3n) is 5.69. The van der Waals surface area contributed by atoms with E-state index in [1.165, 1.54) is 12.8 Å². The van der Waals surface area contributed by atoms with Gasteiger partial charge in [0.2, 0.25) is 0 Å². The van der Waals surface area contributed by atoms with Gasteiger partial charge >= 0.3 is 0 Å². The van der Waals surface area contributed by atoms with Crippen LogP contribution in [0.2, 0.25) is 10.0 Å². The number of pyridine rings is 2. The molecule has 0 bridgehead atoms. The van der Waals surface area contributed by atoms with Gasteiger partial charge in [0, 0.05) is 35.1 Å². The molecule has 0 saturated heterocycles. The van der Waals surface area contributed by atoms with Crippen LogP contribution in [0, 0.1) is 5.92 Å². The fourth-order valence-corrected chi connectivity index (χ4v) is 4.41. The molecule has 3 aromatic rings. The molecule has 2 heterocycles. The van der Waals surface area contributed by atoms with E-state index >= 15 is 0 Å². The average molecular weight is 441 g/mol. The van der Waals surface area contributed by atoms with E-state index in [0.29, 0.717) is 23.5 Å². The van der Waals surface area contributed by atoms with Crippen LogP contribution in [0.15, 0.2) is 54.7 Å². The lowest BCUT2D eigenvalue weighted by Crippen LogP contribution is -2.27. The predicted octanol–water partition coefficient (Wildman–Crippen LogP) is 6.12. The highest BCUT2D eigenvalue weighted by Crippen LogP contribution is 2.30. The molecule has 1 aliphatic rings. The van der Waals surface area contributed by atoms with Gasteiger partial charge in [0.1, 0.15) is 5.82 Å². The van der Waals surface area contributed by atoms with E-state index in [0.717, 1.165) is 52.6 Å². The number of nitrogens with one attached hydrogen (secondary N) is 1. The maximum Gasteiger partial charge on any atom is 0.126 e. The highest BCUT2D eigenvalue weighted by molar-refractivity contribution is 6.33. The lowest BCUT2D eigenvalue weighted by Gasteiger charge is -2.25. The standard InChI is InChI=1S/C24H26Cl2N4/c25-18-4-1-3-17(11-18)14-29-24-6-2-5-23(30-24)21-13-20(28-15-22(21)26)12-16-7-9-19(27)10-8-16/h1-6,11,13,15-16,19H,7-10,12,14,27H2,(H,29,30). The first kappa shape index (κ1) is 21.1. The zero-order chi connectivity index (χ0) is 20.9. The molecule has 0 aliphatic heterocycles. The SMILES string of the molecule is NC1CCC(Cc2cc(-c3cccc(NCc4cccc(Cl)c4)n3)c(Cl)cn2)CC1. The van der Waals surface area contributed by atoms with Crippen LogP contribution < -0.4 is 11.1 Å². The summed E-state index contributed by atoms with van der Waals surface area (Å²) in [5, 5.41) is 4.71. The molecule has 1 fully saturated rings. The Morgan fingerprint density at radius 1 is 1.00 bits per heavy atom. The maximum atomic E-state index is 6.48. The number of halogens is 2. The van der Waals surface area contributed by atoms with Gasteiger partial charge in [-0.05, 0) is 73.9 Å². The number of nitrogens with zero attached hydrogens (tertiary/aromatic N) is 2. The first-order chi connectivity index (χ1) is 14.6. The molecule has 1 aromatic carbocycles. The summed E-state index contributed by atoms with van der Waals surface area (Å²) in [6.45, 7) is 0.649. The van der Waals surface area contributed by atoms with Crippen molar-refractivity contribution in [1.82, 2.24) is 9.97 Å². The molecular weight excluding hydrogens is 415 g/mol. The average Bonchev–Trinajstić information content (AvgIpc) is 2.75. The molecule has 0 radical (unpaired) electrons. The van der Waals surface area contributed by atoms with Crippen LogP contribution in [0.25, 0.3) is 11.3 Å². The Hall–Kier alpha value is -2.14. The summed E-state index contributed by atoms with van der Waals surface area (Å²) in [6, 6.07) is 16.2. The van der Waals surface area contributed by atoms with E-state index in [2.05, 4.69) is 16.4 Å². The Bertz CT molecular complexity index is 1000. The summed E-state index contributed by atoms with van der Waals surface area (Å²) >= 11 is 12.6. The van der Waals surface area contributed by atoms with Crippen LogP contribution in [-0.4, -0.2) is 16.0 Å². The molecule has 0 unspecified atom stereocenters. The van der Waals surface area contributed by atoms with Crippen molar-refractivity contribution in [2.24, 2.45) is 11.7 Å². The second-order valence-electron chi connectivity index (χ2n) is 8.03. The van der Waals surface area contributed by atoms with E-state index in [4.69, 9.17) is 33.9 Å². The van der Waals surface area contributed by atoms with Gasteiger partial charge in [0.15, 0.2) is 0 Å². The normalized spacial score (nSPS) is 18.9. The largest absolute Gasteiger partial charge is 0.366 e. The second-order valence-corrected chi connectivity index (χ2v) is 8.88. The van der Waals surface area contributed by atoms with Crippen LogP contribution in [0.4, 0.5) is 5.82 Å². The van der Waals surface area contributed by atoms with Gasteiger partial charge in [-0.15, -0.1) is 0 Å². The molecule has 6 heteroatoms. The number of rotatable bonds is 6. The van der Waals surface area contributed by atoms with E-state index in [1.807, 2.05) is 42.5 Å². The van der Waals surface area contributed by atoms with Crippen LogP contribution in [0.3, 0.4) is 0 Å². The molecule has 1 aliphatic carbocycles. The summed E-state index contributed by atoms with van der Waals surface area (Å²) in [5.41, 5.74) is 9.96. The molecule has 4 nitrogen and oxygen atoms in total. The third kappa shape index (κ3) is 5.51. The molecule has 0 spiro atoms. The van der Waals surface area contributed by atoms with Crippen molar-refractivity contribution in [3.05, 3.63) is 76.0 Å².